The molecule has 2 aromatic heterocycles. The third kappa shape index (κ3) is 2.13. The first-order valence-electron chi connectivity index (χ1n) is 13.4. The fourth-order valence-corrected chi connectivity index (χ4v) is 7.66. The smallest absolute Gasteiger partial charge is 0.0620 e. The van der Waals surface area contributed by atoms with Crippen LogP contribution in [-0.2, 0) is 0 Å². The highest BCUT2D eigenvalue weighted by Gasteiger charge is 2.38. The molecule has 10 rings (SSSR count). The summed E-state index contributed by atoms with van der Waals surface area (Å²) >= 11 is 0. The van der Waals surface area contributed by atoms with E-state index in [4.69, 9.17) is 0 Å². The van der Waals surface area contributed by atoms with Gasteiger partial charge in [-0.05, 0) is 80.4 Å². The third-order valence-electron chi connectivity index (χ3n) is 9.15. The second-order valence-corrected chi connectivity index (χ2v) is 10.9. The second-order valence-electron chi connectivity index (χ2n) is 10.9. The van der Waals surface area contributed by atoms with Crippen molar-refractivity contribution in [3.8, 4) is 33.4 Å². The van der Waals surface area contributed by atoms with Gasteiger partial charge < -0.3 is 4.40 Å². The summed E-state index contributed by atoms with van der Waals surface area (Å²) in [6.07, 6.45) is 0. The van der Waals surface area contributed by atoms with Crippen LogP contribution in [0.25, 0.3) is 71.5 Å². The quantitative estimate of drug-likeness (QED) is 0.221. The molecule has 0 radical (unpaired) electrons. The van der Waals surface area contributed by atoms with Gasteiger partial charge in [0.2, 0.25) is 0 Å². The van der Waals surface area contributed by atoms with Crippen molar-refractivity contribution in [3.05, 3.63) is 138 Å². The van der Waals surface area contributed by atoms with Gasteiger partial charge in [-0.15, -0.1) is 0 Å². The van der Waals surface area contributed by atoms with Gasteiger partial charge in [0.1, 0.15) is 0 Å². The van der Waals surface area contributed by atoms with Gasteiger partial charge in [0.15, 0.2) is 0 Å². The minimum atomic E-state index is 0.353. The van der Waals surface area contributed by atoms with Crippen LogP contribution in [0.5, 0.6) is 0 Å². The molecule has 0 spiro atoms. The van der Waals surface area contributed by atoms with Crippen LogP contribution in [0.3, 0.4) is 0 Å². The molecule has 2 heterocycles. The molecule has 0 N–H and O–H groups in total. The number of nitrogens with zero attached hydrogens (tertiary/aromatic N) is 1. The lowest BCUT2D eigenvalue weighted by atomic mass is 9.91. The highest BCUT2D eigenvalue weighted by Crippen LogP contribution is 2.58. The van der Waals surface area contributed by atoms with E-state index in [0.29, 0.717) is 5.92 Å². The highest BCUT2D eigenvalue weighted by molar-refractivity contribution is 6.24. The standard InChI is InChI=1S/C37H21N/c1-2-11-26-23(8-1)27-12-7-13-28-30-18-21(16-17-29(30)36(26)35(27)28)22-19-31-24-9-3-5-14-33(24)38-34-15-6-4-10-25(34)32(20-22)37(31)38/h1-20,36H. The Hall–Kier alpha value is -4.88. The van der Waals surface area contributed by atoms with E-state index >= 15 is 0 Å². The minimum Gasteiger partial charge on any atom is -0.308 e. The Balaban J connectivity index is 1.26. The minimum absolute atomic E-state index is 0.353. The fraction of sp³-hybridized carbons (Fsp3) is 0.0270. The Morgan fingerprint density at radius 2 is 1.03 bits per heavy atom. The molecule has 0 saturated heterocycles. The van der Waals surface area contributed by atoms with Crippen molar-refractivity contribution < 1.29 is 0 Å². The van der Waals surface area contributed by atoms with Crippen LogP contribution in [0, 0.1) is 0 Å². The summed E-state index contributed by atoms with van der Waals surface area (Å²) in [5.74, 6) is 0.353. The largest absolute Gasteiger partial charge is 0.308 e. The molecule has 0 amide bonds. The van der Waals surface area contributed by atoms with Crippen LogP contribution in [0.4, 0.5) is 0 Å². The van der Waals surface area contributed by atoms with E-state index in [-0.39, 0.29) is 0 Å². The third-order valence-corrected chi connectivity index (χ3v) is 9.15. The van der Waals surface area contributed by atoms with Crippen LogP contribution in [0.1, 0.15) is 22.6 Å². The molecule has 8 aromatic rings. The van der Waals surface area contributed by atoms with Crippen molar-refractivity contribution in [2.45, 2.75) is 5.92 Å². The van der Waals surface area contributed by atoms with Crippen molar-refractivity contribution >= 4 is 38.1 Å². The average Bonchev–Trinajstić information content (AvgIpc) is 3.70. The van der Waals surface area contributed by atoms with Crippen molar-refractivity contribution in [1.82, 2.24) is 4.40 Å². The summed E-state index contributed by atoms with van der Waals surface area (Å²) in [6, 6.07) is 45.5. The molecule has 0 bridgehead atoms. The maximum Gasteiger partial charge on any atom is 0.0620 e. The van der Waals surface area contributed by atoms with Crippen molar-refractivity contribution in [2.24, 2.45) is 0 Å². The Bertz CT molecular complexity index is 2210. The van der Waals surface area contributed by atoms with Gasteiger partial charge in [0.05, 0.1) is 16.6 Å². The summed E-state index contributed by atoms with van der Waals surface area (Å²) in [5, 5.41) is 5.31. The van der Waals surface area contributed by atoms with Crippen LogP contribution in [-0.4, -0.2) is 4.40 Å². The molecular formula is C37H21N. The number of fused-ring (bicyclic) bond motifs is 12. The summed E-state index contributed by atoms with van der Waals surface area (Å²) in [6.45, 7) is 0. The Labute approximate surface area is 219 Å². The van der Waals surface area contributed by atoms with E-state index in [9.17, 15) is 0 Å². The molecule has 0 aliphatic heterocycles. The zero-order valence-corrected chi connectivity index (χ0v) is 20.6. The molecule has 0 fully saturated rings. The van der Waals surface area contributed by atoms with Crippen LogP contribution in [0.15, 0.2) is 121 Å². The first-order valence-corrected chi connectivity index (χ1v) is 13.4. The van der Waals surface area contributed by atoms with Crippen LogP contribution in [0.2, 0.25) is 0 Å². The maximum absolute atomic E-state index is 2.45. The predicted molar refractivity (Wildman–Crippen MR) is 158 cm³/mol. The molecule has 0 saturated carbocycles. The molecule has 174 valence electrons. The monoisotopic (exact) mass is 479 g/mol. The predicted octanol–water partition coefficient (Wildman–Crippen LogP) is 9.64. The first-order chi connectivity index (χ1) is 18.9. The van der Waals surface area contributed by atoms with Gasteiger partial charge in [-0.25, -0.2) is 0 Å². The number of hydrogen-bond acceptors (Lipinski definition) is 0. The van der Waals surface area contributed by atoms with Gasteiger partial charge in [-0.3, -0.25) is 0 Å². The lowest BCUT2D eigenvalue weighted by Gasteiger charge is -2.12. The lowest BCUT2D eigenvalue weighted by Crippen LogP contribution is -1.94. The SMILES string of the molecule is c1ccc2c(c1)-c1cccc3c1C2c1ccc(-c2cc4c5ccccc5n5c6ccccc6c(c2)c45)cc1-3. The Morgan fingerprint density at radius 1 is 0.421 bits per heavy atom. The highest BCUT2D eigenvalue weighted by atomic mass is 14.9. The molecular weight excluding hydrogens is 458 g/mol. The molecule has 38 heavy (non-hydrogen) atoms. The van der Waals surface area contributed by atoms with E-state index in [2.05, 4.69) is 126 Å². The first kappa shape index (κ1) is 19.3. The molecule has 1 atom stereocenters. The molecule has 6 aromatic carbocycles. The van der Waals surface area contributed by atoms with Crippen molar-refractivity contribution in [1.29, 1.82) is 0 Å². The van der Waals surface area contributed by atoms with Gasteiger partial charge in [-0.1, -0.05) is 91.0 Å². The zero-order chi connectivity index (χ0) is 24.5. The number of aromatic nitrogens is 1. The molecule has 2 aliphatic rings. The van der Waals surface area contributed by atoms with Crippen LogP contribution < -0.4 is 0 Å². The second kappa shape index (κ2) is 6.51. The van der Waals surface area contributed by atoms with Crippen molar-refractivity contribution in [3.63, 3.8) is 0 Å². The van der Waals surface area contributed by atoms with Crippen molar-refractivity contribution in [2.75, 3.05) is 0 Å². The van der Waals surface area contributed by atoms with E-state index in [0.717, 1.165) is 0 Å². The normalized spacial score (nSPS) is 15.1. The number of benzene rings is 6. The topological polar surface area (TPSA) is 4.41 Å². The Kier molecular flexibility index (Phi) is 3.30. The van der Waals surface area contributed by atoms with E-state index < -0.39 is 0 Å². The van der Waals surface area contributed by atoms with Gasteiger partial charge in [0, 0.05) is 27.5 Å². The maximum atomic E-state index is 2.45. The summed E-state index contributed by atoms with van der Waals surface area (Å²) < 4.78 is 2.45. The molecule has 2 aliphatic carbocycles. The summed E-state index contributed by atoms with van der Waals surface area (Å²) in [5.41, 5.74) is 16.4. The Morgan fingerprint density at radius 3 is 1.79 bits per heavy atom. The van der Waals surface area contributed by atoms with Gasteiger partial charge in [0.25, 0.3) is 0 Å². The number of rotatable bonds is 1. The van der Waals surface area contributed by atoms with Gasteiger partial charge >= 0.3 is 0 Å². The molecule has 1 nitrogen and oxygen atoms in total. The molecule has 1 heteroatoms. The summed E-state index contributed by atoms with van der Waals surface area (Å²) in [7, 11) is 0. The van der Waals surface area contributed by atoms with E-state index in [1.165, 1.54) is 88.2 Å². The summed E-state index contributed by atoms with van der Waals surface area (Å²) in [4.78, 5) is 0. The van der Waals surface area contributed by atoms with E-state index in [1.807, 2.05) is 0 Å². The lowest BCUT2D eigenvalue weighted by molar-refractivity contribution is 1.06. The average molecular weight is 480 g/mol. The zero-order valence-electron chi connectivity index (χ0n) is 20.6. The fourth-order valence-electron chi connectivity index (χ4n) is 7.66. The number of hydrogen-bond donors (Lipinski definition) is 0. The van der Waals surface area contributed by atoms with Crippen LogP contribution >= 0.6 is 0 Å². The van der Waals surface area contributed by atoms with Gasteiger partial charge in [-0.2, -0.15) is 0 Å². The number of para-hydroxylation sites is 2. The van der Waals surface area contributed by atoms with E-state index in [1.54, 1.807) is 0 Å². The molecule has 1 unspecified atom stereocenters.